The molecule has 2 unspecified atom stereocenters. The maximum absolute atomic E-state index is 12.1. The first kappa shape index (κ1) is 13.6. The Hall–Kier alpha value is -1.84. The van der Waals surface area contributed by atoms with Gasteiger partial charge in [-0.15, -0.1) is 0 Å². The Bertz CT molecular complexity index is 470. The molecule has 19 heavy (non-hydrogen) atoms. The lowest BCUT2D eigenvalue weighted by molar-refractivity contribution is -0.147. The second-order valence-corrected chi connectivity index (χ2v) is 5.40. The molecule has 1 amide bonds. The smallest absolute Gasteiger partial charge is 0.326 e. The molecule has 1 heterocycles. The van der Waals surface area contributed by atoms with Crippen molar-refractivity contribution < 1.29 is 14.7 Å². The Kier molecular flexibility index (Phi) is 3.88. The van der Waals surface area contributed by atoms with E-state index in [9.17, 15) is 14.7 Å². The molecule has 102 valence electrons. The zero-order valence-electron chi connectivity index (χ0n) is 11.2. The summed E-state index contributed by atoms with van der Waals surface area (Å²) in [6.45, 7) is 4.32. The third-order valence-corrected chi connectivity index (χ3v) is 3.78. The van der Waals surface area contributed by atoms with E-state index in [1.807, 2.05) is 44.2 Å². The molecule has 1 aromatic rings. The van der Waals surface area contributed by atoms with Gasteiger partial charge in [0.2, 0.25) is 5.91 Å². The Balaban J connectivity index is 2.22. The molecule has 2 rings (SSSR count). The highest BCUT2D eigenvalue weighted by Gasteiger charge is 2.45. The molecule has 1 fully saturated rings. The lowest BCUT2D eigenvalue weighted by atomic mass is 9.88. The number of carbonyl (C=O) groups excluding carboxylic acids is 1. The molecule has 4 nitrogen and oxygen atoms in total. The van der Waals surface area contributed by atoms with Crippen LogP contribution in [0.15, 0.2) is 30.3 Å². The molecule has 2 atom stereocenters. The average Bonchev–Trinajstić information content (AvgIpc) is 2.68. The van der Waals surface area contributed by atoms with Crippen LogP contribution >= 0.6 is 0 Å². The van der Waals surface area contributed by atoms with Crippen molar-refractivity contribution in [2.45, 2.75) is 32.9 Å². The fourth-order valence-electron chi connectivity index (χ4n) is 2.70. The summed E-state index contributed by atoms with van der Waals surface area (Å²) in [7, 11) is 0. The van der Waals surface area contributed by atoms with Gasteiger partial charge < -0.3 is 10.0 Å². The summed E-state index contributed by atoms with van der Waals surface area (Å²) in [5.74, 6) is -0.880. The second-order valence-electron chi connectivity index (χ2n) is 5.40. The molecule has 0 bridgehead atoms. The lowest BCUT2D eigenvalue weighted by Crippen LogP contribution is -2.42. The average molecular weight is 261 g/mol. The number of carbonyl (C=O) groups is 2. The molecule has 1 saturated heterocycles. The maximum Gasteiger partial charge on any atom is 0.326 e. The minimum Gasteiger partial charge on any atom is -0.480 e. The van der Waals surface area contributed by atoms with E-state index in [-0.39, 0.29) is 17.7 Å². The number of carboxylic acids is 1. The molecule has 0 saturated carbocycles. The van der Waals surface area contributed by atoms with Gasteiger partial charge in [0.25, 0.3) is 0 Å². The lowest BCUT2D eigenvalue weighted by Gasteiger charge is -2.26. The minimum atomic E-state index is -0.902. The van der Waals surface area contributed by atoms with E-state index in [2.05, 4.69) is 0 Å². The zero-order chi connectivity index (χ0) is 14.0. The van der Waals surface area contributed by atoms with E-state index in [0.717, 1.165) is 5.56 Å². The van der Waals surface area contributed by atoms with Gasteiger partial charge in [0.15, 0.2) is 0 Å². The van der Waals surface area contributed by atoms with Gasteiger partial charge in [0.05, 0.1) is 0 Å². The van der Waals surface area contributed by atoms with Crippen LogP contribution in [0.2, 0.25) is 0 Å². The van der Waals surface area contributed by atoms with Gasteiger partial charge >= 0.3 is 5.97 Å². The molecule has 1 aliphatic heterocycles. The normalized spacial score (nSPS) is 23.1. The molecular weight excluding hydrogens is 242 g/mol. The molecule has 0 aliphatic carbocycles. The Morgan fingerprint density at radius 1 is 1.37 bits per heavy atom. The Morgan fingerprint density at radius 2 is 2.00 bits per heavy atom. The van der Waals surface area contributed by atoms with Gasteiger partial charge in [-0.05, 0) is 11.5 Å². The van der Waals surface area contributed by atoms with Crippen molar-refractivity contribution in [3.05, 3.63) is 35.9 Å². The van der Waals surface area contributed by atoms with Crippen LogP contribution < -0.4 is 0 Å². The van der Waals surface area contributed by atoms with Gasteiger partial charge in [-0.1, -0.05) is 44.2 Å². The van der Waals surface area contributed by atoms with Crippen molar-refractivity contribution in [2.75, 3.05) is 0 Å². The van der Waals surface area contributed by atoms with Crippen LogP contribution in [0.5, 0.6) is 0 Å². The maximum atomic E-state index is 12.1. The van der Waals surface area contributed by atoms with E-state index in [4.69, 9.17) is 0 Å². The van der Waals surface area contributed by atoms with Crippen LogP contribution in [0.4, 0.5) is 0 Å². The molecule has 4 heteroatoms. The van der Waals surface area contributed by atoms with E-state index in [1.165, 1.54) is 4.90 Å². The minimum absolute atomic E-state index is 0.0602. The zero-order valence-corrected chi connectivity index (χ0v) is 11.2. The summed E-state index contributed by atoms with van der Waals surface area (Å²) in [6, 6.07) is 8.81. The first-order chi connectivity index (χ1) is 9.00. The van der Waals surface area contributed by atoms with Crippen molar-refractivity contribution in [2.24, 2.45) is 11.8 Å². The van der Waals surface area contributed by atoms with Crippen molar-refractivity contribution in [3.8, 4) is 0 Å². The van der Waals surface area contributed by atoms with E-state index in [0.29, 0.717) is 13.0 Å². The summed E-state index contributed by atoms with van der Waals surface area (Å²) in [5.41, 5.74) is 0.964. The number of rotatable bonds is 4. The highest BCUT2D eigenvalue weighted by molar-refractivity contribution is 5.88. The summed E-state index contributed by atoms with van der Waals surface area (Å²) in [5, 5.41) is 9.40. The number of amides is 1. The van der Waals surface area contributed by atoms with Gasteiger partial charge in [0.1, 0.15) is 6.04 Å². The van der Waals surface area contributed by atoms with Gasteiger partial charge in [-0.25, -0.2) is 4.79 Å². The molecule has 1 aromatic carbocycles. The number of nitrogens with zero attached hydrogens (tertiary/aromatic N) is 1. The largest absolute Gasteiger partial charge is 0.480 e. The third-order valence-electron chi connectivity index (χ3n) is 3.78. The molecule has 0 spiro atoms. The number of benzene rings is 1. The molecule has 1 N–H and O–H groups in total. The van der Waals surface area contributed by atoms with Crippen molar-refractivity contribution in [3.63, 3.8) is 0 Å². The van der Waals surface area contributed by atoms with Gasteiger partial charge in [-0.3, -0.25) is 4.79 Å². The number of aliphatic carboxylic acids is 1. The molecule has 0 radical (unpaired) electrons. The van der Waals surface area contributed by atoms with Gasteiger partial charge in [0, 0.05) is 18.9 Å². The summed E-state index contributed by atoms with van der Waals surface area (Å²) in [6.07, 6.45) is 0.335. The van der Waals surface area contributed by atoms with Crippen molar-refractivity contribution >= 4 is 11.9 Å². The highest BCUT2D eigenvalue weighted by atomic mass is 16.4. The van der Waals surface area contributed by atoms with Crippen LogP contribution in [-0.2, 0) is 16.1 Å². The van der Waals surface area contributed by atoms with Crippen LogP contribution in [0.3, 0.4) is 0 Å². The number of hydrogen-bond acceptors (Lipinski definition) is 2. The fraction of sp³-hybridized carbons (Fsp3) is 0.467. The summed E-state index contributed by atoms with van der Waals surface area (Å²) >= 11 is 0. The predicted molar refractivity (Wildman–Crippen MR) is 71.4 cm³/mol. The monoisotopic (exact) mass is 261 g/mol. The Morgan fingerprint density at radius 3 is 2.53 bits per heavy atom. The quantitative estimate of drug-likeness (QED) is 0.903. The molecule has 0 aromatic heterocycles. The molecule has 1 aliphatic rings. The van der Waals surface area contributed by atoms with E-state index in [1.54, 1.807) is 0 Å². The standard InChI is InChI=1S/C15H19NO3/c1-10(2)12-8-13(17)16(14(12)15(18)19)9-11-6-4-3-5-7-11/h3-7,10,12,14H,8-9H2,1-2H3,(H,18,19). The summed E-state index contributed by atoms with van der Waals surface area (Å²) < 4.78 is 0. The first-order valence-electron chi connectivity index (χ1n) is 6.57. The van der Waals surface area contributed by atoms with Gasteiger partial charge in [-0.2, -0.15) is 0 Å². The van der Waals surface area contributed by atoms with Crippen LogP contribution in [-0.4, -0.2) is 27.9 Å². The second kappa shape index (κ2) is 5.43. The number of hydrogen-bond donors (Lipinski definition) is 1. The molecular formula is C15H19NO3. The SMILES string of the molecule is CC(C)C1CC(=O)N(Cc2ccccc2)C1C(=O)O. The van der Waals surface area contributed by atoms with Crippen LogP contribution in [0.25, 0.3) is 0 Å². The fourth-order valence-corrected chi connectivity index (χ4v) is 2.70. The Labute approximate surface area is 113 Å². The van der Waals surface area contributed by atoms with Crippen molar-refractivity contribution in [1.82, 2.24) is 4.90 Å². The van der Waals surface area contributed by atoms with Crippen LogP contribution in [0.1, 0.15) is 25.8 Å². The topological polar surface area (TPSA) is 57.6 Å². The predicted octanol–water partition coefficient (Wildman–Crippen LogP) is 2.14. The third kappa shape index (κ3) is 2.78. The number of carboxylic acid groups (broad SMARTS) is 1. The van der Waals surface area contributed by atoms with Crippen molar-refractivity contribution in [1.29, 1.82) is 0 Å². The van der Waals surface area contributed by atoms with Crippen LogP contribution in [0, 0.1) is 11.8 Å². The first-order valence-corrected chi connectivity index (χ1v) is 6.57. The summed E-state index contributed by atoms with van der Waals surface area (Å²) in [4.78, 5) is 25.0. The van der Waals surface area contributed by atoms with E-state index < -0.39 is 12.0 Å². The number of likely N-dealkylation sites (tertiary alicyclic amines) is 1. The highest BCUT2D eigenvalue weighted by Crippen LogP contribution is 2.32. The van der Waals surface area contributed by atoms with E-state index >= 15 is 0 Å².